The van der Waals surface area contributed by atoms with Gasteiger partial charge in [-0.25, -0.2) is 0 Å². The van der Waals surface area contributed by atoms with E-state index in [0.29, 0.717) is 4.99 Å². The van der Waals surface area contributed by atoms with Gasteiger partial charge in [0.05, 0.1) is 12.7 Å². The molecule has 1 aliphatic heterocycles. The second-order valence-corrected chi connectivity index (χ2v) is 5.18. The van der Waals surface area contributed by atoms with Crippen molar-refractivity contribution in [2.24, 2.45) is 5.73 Å². The van der Waals surface area contributed by atoms with Crippen LogP contribution in [0.3, 0.4) is 0 Å². The van der Waals surface area contributed by atoms with Crippen molar-refractivity contribution in [3.8, 4) is 5.75 Å². The highest BCUT2D eigenvalue weighted by molar-refractivity contribution is 7.80. The minimum atomic E-state index is 0.396. The van der Waals surface area contributed by atoms with Crippen molar-refractivity contribution < 1.29 is 4.74 Å². The van der Waals surface area contributed by atoms with Crippen LogP contribution in [0.1, 0.15) is 30.4 Å². The Morgan fingerprint density at radius 3 is 2.67 bits per heavy atom. The number of methoxy groups -OCH3 is 1. The molecule has 0 radical (unpaired) electrons. The highest BCUT2D eigenvalue weighted by Crippen LogP contribution is 2.21. The molecule has 0 bridgehead atoms. The number of likely N-dealkylation sites (tertiary alicyclic amines) is 1. The molecular formula is C14H20N2OS. The van der Waals surface area contributed by atoms with Gasteiger partial charge in [-0.15, -0.1) is 0 Å². The standard InChI is InChI=1S/C14H20N2OS/c1-17-13-6-5-11(9-12(13)14(15)18)10-16-7-3-2-4-8-16/h5-6,9H,2-4,7-8,10H2,1H3,(H2,15,18). The van der Waals surface area contributed by atoms with Crippen LogP contribution in [0.5, 0.6) is 5.75 Å². The third-order valence-electron chi connectivity index (χ3n) is 3.38. The maximum atomic E-state index is 5.73. The van der Waals surface area contributed by atoms with Crippen LogP contribution in [0.2, 0.25) is 0 Å². The third-order valence-corrected chi connectivity index (χ3v) is 3.60. The Labute approximate surface area is 114 Å². The van der Waals surface area contributed by atoms with E-state index in [0.717, 1.165) is 17.9 Å². The topological polar surface area (TPSA) is 38.5 Å². The van der Waals surface area contributed by atoms with Gasteiger partial charge in [-0.2, -0.15) is 0 Å². The number of hydrogen-bond acceptors (Lipinski definition) is 3. The molecule has 2 rings (SSSR count). The lowest BCUT2D eigenvalue weighted by Crippen LogP contribution is -2.29. The summed E-state index contributed by atoms with van der Waals surface area (Å²) in [5, 5.41) is 0. The first-order valence-corrected chi connectivity index (χ1v) is 6.80. The normalized spacial score (nSPS) is 16.5. The molecule has 0 amide bonds. The van der Waals surface area contributed by atoms with Crippen LogP contribution in [0, 0.1) is 0 Å². The lowest BCUT2D eigenvalue weighted by atomic mass is 10.1. The van der Waals surface area contributed by atoms with Gasteiger partial charge in [0.15, 0.2) is 0 Å². The van der Waals surface area contributed by atoms with E-state index >= 15 is 0 Å². The number of thiocarbonyl (C=S) groups is 1. The summed E-state index contributed by atoms with van der Waals surface area (Å²) in [5.41, 5.74) is 7.82. The molecule has 4 heteroatoms. The molecule has 1 heterocycles. The van der Waals surface area contributed by atoms with Crippen LogP contribution in [0.25, 0.3) is 0 Å². The van der Waals surface area contributed by atoms with Crippen molar-refractivity contribution in [2.45, 2.75) is 25.8 Å². The van der Waals surface area contributed by atoms with Gasteiger partial charge in [-0.05, 0) is 43.6 Å². The van der Waals surface area contributed by atoms with E-state index in [1.165, 1.54) is 37.9 Å². The van der Waals surface area contributed by atoms with Crippen molar-refractivity contribution in [3.05, 3.63) is 29.3 Å². The van der Waals surface area contributed by atoms with Crippen molar-refractivity contribution in [3.63, 3.8) is 0 Å². The van der Waals surface area contributed by atoms with E-state index in [9.17, 15) is 0 Å². The molecule has 1 aromatic carbocycles. The van der Waals surface area contributed by atoms with E-state index in [4.69, 9.17) is 22.7 Å². The lowest BCUT2D eigenvalue weighted by molar-refractivity contribution is 0.221. The van der Waals surface area contributed by atoms with Gasteiger partial charge in [0, 0.05) is 6.54 Å². The lowest BCUT2D eigenvalue weighted by Gasteiger charge is -2.26. The summed E-state index contributed by atoms with van der Waals surface area (Å²) in [6, 6.07) is 6.10. The molecule has 18 heavy (non-hydrogen) atoms. The zero-order chi connectivity index (χ0) is 13.0. The Balaban J connectivity index is 2.13. The van der Waals surface area contributed by atoms with Crippen molar-refractivity contribution >= 4 is 17.2 Å². The Kier molecular flexibility index (Phi) is 4.55. The predicted molar refractivity (Wildman–Crippen MR) is 78.0 cm³/mol. The van der Waals surface area contributed by atoms with Crippen LogP contribution in [-0.4, -0.2) is 30.1 Å². The molecule has 0 atom stereocenters. The number of ether oxygens (including phenoxy) is 1. The van der Waals surface area contributed by atoms with Crippen LogP contribution in [-0.2, 0) is 6.54 Å². The van der Waals surface area contributed by atoms with Crippen molar-refractivity contribution in [2.75, 3.05) is 20.2 Å². The summed E-state index contributed by atoms with van der Waals surface area (Å²) in [6.45, 7) is 3.35. The molecule has 1 aliphatic rings. The average Bonchev–Trinajstić information content (AvgIpc) is 2.40. The van der Waals surface area contributed by atoms with Crippen LogP contribution in [0.4, 0.5) is 0 Å². The molecule has 2 N–H and O–H groups in total. The quantitative estimate of drug-likeness (QED) is 0.847. The second kappa shape index (κ2) is 6.16. The molecule has 1 aromatic rings. The Morgan fingerprint density at radius 2 is 2.06 bits per heavy atom. The summed E-state index contributed by atoms with van der Waals surface area (Å²) in [4.78, 5) is 2.88. The van der Waals surface area contributed by atoms with Gasteiger partial charge < -0.3 is 10.5 Å². The fraction of sp³-hybridized carbons (Fsp3) is 0.500. The highest BCUT2D eigenvalue weighted by Gasteiger charge is 2.12. The number of rotatable bonds is 4. The van der Waals surface area contributed by atoms with E-state index in [2.05, 4.69) is 17.0 Å². The minimum absolute atomic E-state index is 0.396. The molecule has 1 fully saturated rings. The largest absolute Gasteiger partial charge is 0.496 e. The van der Waals surface area contributed by atoms with E-state index in [-0.39, 0.29) is 0 Å². The first kappa shape index (κ1) is 13.3. The van der Waals surface area contributed by atoms with Gasteiger partial charge in [0.2, 0.25) is 0 Å². The van der Waals surface area contributed by atoms with E-state index in [1.54, 1.807) is 7.11 Å². The van der Waals surface area contributed by atoms with Crippen LogP contribution >= 0.6 is 12.2 Å². The van der Waals surface area contributed by atoms with E-state index in [1.807, 2.05) is 6.07 Å². The van der Waals surface area contributed by atoms with Gasteiger partial charge in [0.25, 0.3) is 0 Å². The number of nitrogens with zero attached hydrogens (tertiary/aromatic N) is 1. The summed E-state index contributed by atoms with van der Waals surface area (Å²) in [5.74, 6) is 0.755. The number of hydrogen-bond donors (Lipinski definition) is 1. The Morgan fingerprint density at radius 1 is 1.33 bits per heavy atom. The number of piperidine rings is 1. The van der Waals surface area contributed by atoms with Crippen LogP contribution < -0.4 is 10.5 Å². The van der Waals surface area contributed by atoms with E-state index < -0.39 is 0 Å². The van der Waals surface area contributed by atoms with Crippen molar-refractivity contribution in [1.82, 2.24) is 4.90 Å². The molecular weight excluding hydrogens is 244 g/mol. The van der Waals surface area contributed by atoms with Crippen LogP contribution in [0.15, 0.2) is 18.2 Å². The first-order valence-electron chi connectivity index (χ1n) is 6.40. The Hall–Kier alpha value is -1.13. The fourth-order valence-electron chi connectivity index (χ4n) is 2.42. The second-order valence-electron chi connectivity index (χ2n) is 4.74. The van der Waals surface area contributed by atoms with Gasteiger partial charge >= 0.3 is 0 Å². The first-order chi connectivity index (χ1) is 8.70. The molecule has 0 spiro atoms. The van der Waals surface area contributed by atoms with Gasteiger partial charge in [-0.3, -0.25) is 4.90 Å². The summed E-state index contributed by atoms with van der Waals surface area (Å²) in [7, 11) is 1.64. The third kappa shape index (κ3) is 3.21. The smallest absolute Gasteiger partial charge is 0.129 e. The summed E-state index contributed by atoms with van der Waals surface area (Å²) >= 11 is 5.06. The number of nitrogens with two attached hydrogens (primary N) is 1. The Bertz CT molecular complexity index is 428. The predicted octanol–water partition coefficient (Wildman–Crippen LogP) is 2.32. The van der Waals surface area contributed by atoms with Gasteiger partial charge in [0.1, 0.15) is 10.7 Å². The molecule has 0 aromatic heterocycles. The van der Waals surface area contributed by atoms with Crippen molar-refractivity contribution in [1.29, 1.82) is 0 Å². The average molecular weight is 264 g/mol. The molecule has 0 aliphatic carbocycles. The SMILES string of the molecule is COc1ccc(CN2CCCCC2)cc1C(N)=S. The molecule has 0 saturated carbocycles. The maximum Gasteiger partial charge on any atom is 0.129 e. The maximum absolute atomic E-state index is 5.73. The molecule has 3 nitrogen and oxygen atoms in total. The zero-order valence-corrected chi connectivity index (χ0v) is 11.6. The molecule has 0 unspecified atom stereocenters. The summed E-state index contributed by atoms with van der Waals surface area (Å²) < 4.78 is 5.27. The molecule has 98 valence electrons. The molecule has 1 saturated heterocycles. The fourth-order valence-corrected chi connectivity index (χ4v) is 2.58. The monoisotopic (exact) mass is 264 g/mol. The minimum Gasteiger partial charge on any atom is -0.496 e. The zero-order valence-electron chi connectivity index (χ0n) is 10.8. The number of benzene rings is 1. The highest BCUT2D eigenvalue weighted by atomic mass is 32.1. The van der Waals surface area contributed by atoms with Gasteiger partial charge in [-0.1, -0.05) is 24.7 Å². The summed E-state index contributed by atoms with van der Waals surface area (Å²) in [6.07, 6.45) is 3.97.